The van der Waals surface area contributed by atoms with Crippen LogP contribution in [-0.4, -0.2) is 107 Å². The topological polar surface area (TPSA) is 188 Å². The zero-order valence-corrected chi connectivity index (χ0v) is 35.6. The SMILES string of the molecule is CCOC(=O)[C@H](CC)OP(=O)(CCNCc1ccc(C[C@H](NC(=O)O[C@@H]2CCOC2)[C@H](O)CN(CC(C)C)S(=O)(=O)c2ccc(OC)cc2)cc1)Oc1ccccc1. The maximum absolute atomic E-state index is 13.9. The Balaban J connectivity index is 1.44. The van der Waals surface area contributed by atoms with Crippen LogP contribution in [-0.2, 0) is 51.1 Å². The van der Waals surface area contributed by atoms with E-state index in [1.165, 1.54) is 23.5 Å². The Morgan fingerprint density at radius 3 is 2.26 bits per heavy atom. The van der Waals surface area contributed by atoms with Gasteiger partial charge in [-0.25, -0.2) is 22.6 Å². The van der Waals surface area contributed by atoms with Gasteiger partial charge in [-0.15, -0.1) is 0 Å². The van der Waals surface area contributed by atoms with Gasteiger partial charge in [0.25, 0.3) is 0 Å². The standard InChI is InChI=1S/C41H58N3O12PS/c1-6-39(40(46)53-7-2)56-57(48,55-34-11-9-8-10-12-34)24-22-42-26-32-15-13-31(14-16-32)25-37(43-41(47)54-35-21-23-52-29-35)38(45)28-44(27-30(3)4)58(49,50)36-19-17-33(51-5)18-20-36/h8-20,30,35,37-39,42,45H,6-7,21-29H2,1-5H3,(H,43,47)/t35-,37+,38-,39+,57?/m1/s1. The van der Waals surface area contributed by atoms with Gasteiger partial charge in [0, 0.05) is 32.6 Å². The monoisotopic (exact) mass is 847 g/mol. The van der Waals surface area contributed by atoms with E-state index < -0.39 is 54.0 Å². The van der Waals surface area contributed by atoms with Crippen LogP contribution < -0.4 is 19.9 Å². The minimum Gasteiger partial charge on any atom is -0.497 e. The minimum absolute atomic E-state index is 0.0216. The lowest BCUT2D eigenvalue weighted by Gasteiger charge is -2.30. The van der Waals surface area contributed by atoms with Crippen molar-refractivity contribution in [1.82, 2.24) is 14.9 Å². The molecule has 3 aromatic rings. The largest absolute Gasteiger partial charge is 0.497 e. The first-order valence-electron chi connectivity index (χ1n) is 19.6. The summed E-state index contributed by atoms with van der Waals surface area (Å²) >= 11 is 0. The number of hydrogen-bond donors (Lipinski definition) is 3. The highest BCUT2D eigenvalue weighted by Gasteiger charge is 2.34. The molecule has 15 nitrogen and oxygen atoms in total. The first-order valence-corrected chi connectivity index (χ1v) is 22.8. The number of alkyl carbamates (subject to hydrolysis) is 1. The van der Waals surface area contributed by atoms with Crippen molar-refractivity contribution in [2.24, 2.45) is 5.92 Å². The number of para-hydroxylation sites is 1. The van der Waals surface area contributed by atoms with Crippen molar-refractivity contribution in [1.29, 1.82) is 0 Å². The number of esters is 1. The summed E-state index contributed by atoms with van der Waals surface area (Å²) in [6.07, 6.45) is -2.57. The number of carbonyl (C=O) groups excluding carboxylic acids is 2. The molecule has 1 saturated heterocycles. The second kappa shape index (κ2) is 22.9. The predicted octanol–water partition coefficient (Wildman–Crippen LogP) is 5.55. The Labute approximate surface area is 342 Å². The average Bonchev–Trinajstić information content (AvgIpc) is 3.72. The number of aliphatic hydroxyl groups excluding tert-OH is 1. The molecule has 1 amide bonds. The fourth-order valence-electron chi connectivity index (χ4n) is 6.11. The first-order chi connectivity index (χ1) is 27.7. The predicted molar refractivity (Wildman–Crippen MR) is 218 cm³/mol. The van der Waals surface area contributed by atoms with E-state index in [2.05, 4.69) is 10.6 Å². The number of amides is 1. The molecule has 3 N–H and O–H groups in total. The Morgan fingerprint density at radius 1 is 0.966 bits per heavy atom. The summed E-state index contributed by atoms with van der Waals surface area (Å²) in [7, 11) is -6.34. The van der Waals surface area contributed by atoms with Crippen molar-refractivity contribution in [3.8, 4) is 11.5 Å². The van der Waals surface area contributed by atoms with Crippen LogP contribution in [0.2, 0.25) is 0 Å². The van der Waals surface area contributed by atoms with Gasteiger partial charge < -0.3 is 39.2 Å². The van der Waals surface area contributed by atoms with Crippen LogP contribution in [0.15, 0.2) is 83.8 Å². The van der Waals surface area contributed by atoms with Crippen LogP contribution in [0.25, 0.3) is 0 Å². The van der Waals surface area contributed by atoms with Crippen LogP contribution in [0.4, 0.5) is 4.79 Å². The maximum Gasteiger partial charge on any atom is 0.407 e. The number of nitrogens with one attached hydrogen (secondary N) is 2. The van der Waals surface area contributed by atoms with Gasteiger partial charge in [-0.05, 0) is 73.2 Å². The molecule has 1 aliphatic heterocycles. The average molecular weight is 848 g/mol. The van der Waals surface area contributed by atoms with Crippen molar-refractivity contribution in [2.75, 3.05) is 52.7 Å². The van der Waals surface area contributed by atoms with Crippen LogP contribution in [0.1, 0.15) is 51.7 Å². The third-order valence-electron chi connectivity index (χ3n) is 9.15. The second-order valence-electron chi connectivity index (χ2n) is 14.3. The number of nitrogens with zero attached hydrogens (tertiary/aromatic N) is 1. The summed E-state index contributed by atoms with van der Waals surface area (Å²) in [4.78, 5) is 25.6. The summed E-state index contributed by atoms with van der Waals surface area (Å²) < 4.78 is 75.6. The lowest BCUT2D eigenvalue weighted by molar-refractivity contribution is -0.151. The minimum atomic E-state index is -4.03. The number of rotatable bonds is 24. The van der Waals surface area contributed by atoms with Gasteiger partial charge in [-0.1, -0.05) is 63.2 Å². The van der Waals surface area contributed by atoms with Crippen molar-refractivity contribution in [3.63, 3.8) is 0 Å². The molecule has 5 atom stereocenters. The van der Waals surface area contributed by atoms with Gasteiger partial charge >= 0.3 is 19.7 Å². The van der Waals surface area contributed by atoms with E-state index >= 15 is 0 Å². The Kier molecular flexibility index (Phi) is 18.5. The summed E-state index contributed by atoms with van der Waals surface area (Å²) in [5.41, 5.74) is 1.66. The summed E-state index contributed by atoms with van der Waals surface area (Å²) in [5, 5.41) is 17.7. The number of carbonyl (C=O) groups is 2. The molecule has 320 valence electrons. The maximum atomic E-state index is 13.9. The van der Waals surface area contributed by atoms with Gasteiger partial charge in [0.1, 0.15) is 17.6 Å². The molecule has 0 bridgehead atoms. The van der Waals surface area contributed by atoms with Gasteiger partial charge in [0.2, 0.25) is 10.0 Å². The van der Waals surface area contributed by atoms with E-state index in [1.54, 1.807) is 56.3 Å². The van der Waals surface area contributed by atoms with Crippen LogP contribution >= 0.6 is 7.60 Å². The van der Waals surface area contributed by atoms with E-state index in [4.69, 9.17) is 28.0 Å². The van der Waals surface area contributed by atoms with E-state index in [0.717, 1.165) is 11.1 Å². The molecule has 1 fully saturated rings. The molecule has 0 aliphatic carbocycles. The molecular weight excluding hydrogens is 790 g/mol. The van der Waals surface area contributed by atoms with E-state index in [0.29, 0.717) is 31.1 Å². The number of aliphatic hydroxyl groups is 1. The van der Waals surface area contributed by atoms with Crippen molar-refractivity contribution in [3.05, 3.63) is 90.0 Å². The van der Waals surface area contributed by atoms with Crippen molar-refractivity contribution in [2.45, 2.75) is 82.8 Å². The quantitative estimate of drug-likeness (QED) is 0.0579. The van der Waals surface area contributed by atoms with Gasteiger partial charge in [-0.3, -0.25) is 4.52 Å². The number of ether oxygens (including phenoxy) is 4. The molecule has 1 unspecified atom stereocenters. The highest BCUT2D eigenvalue weighted by molar-refractivity contribution is 7.89. The number of sulfonamides is 1. The van der Waals surface area contributed by atoms with Crippen LogP contribution in [0.5, 0.6) is 11.5 Å². The van der Waals surface area contributed by atoms with E-state index in [-0.39, 0.29) is 62.7 Å². The molecular formula is C41H58N3O12PS. The zero-order chi connectivity index (χ0) is 42.1. The summed E-state index contributed by atoms with van der Waals surface area (Å²) in [5.74, 6) is 0.194. The third-order valence-corrected chi connectivity index (χ3v) is 12.8. The van der Waals surface area contributed by atoms with Crippen molar-refractivity contribution >= 4 is 29.7 Å². The van der Waals surface area contributed by atoms with E-state index in [9.17, 15) is 27.7 Å². The number of benzene rings is 3. The Hall–Kier alpha value is -4.02. The number of methoxy groups -OCH3 is 1. The summed E-state index contributed by atoms with van der Waals surface area (Å²) in [6, 6.07) is 21.2. The molecule has 58 heavy (non-hydrogen) atoms. The lowest BCUT2D eigenvalue weighted by atomic mass is 10.00. The molecule has 3 aromatic carbocycles. The van der Waals surface area contributed by atoms with Gasteiger partial charge in [0.05, 0.1) is 50.1 Å². The van der Waals surface area contributed by atoms with E-state index in [1.807, 2.05) is 38.1 Å². The first kappa shape index (κ1) is 46.7. The fourth-order valence-corrected chi connectivity index (χ4v) is 9.47. The third kappa shape index (κ3) is 14.7. The molecule has 4 rings (SSSR count). The molecule has 0 radical (unpaired) electrons. The fraction of sp³-hybridized carbons (Fsp3) is 0.512. The van der Waals surface area contributed by atoms with Crippen LogP contribution in [0.3, 0.4) is 0 Å². The zero-order valence-electron chi connectivity index (χ0n) is 33.9. The number of hydrogen-bond acceptors (Lipinski definition) is 13. The van der Waals surface area contributed by atoms with Crippen molar-refractivity contribution < 1.29 is 55.7 Å². The van der Waals surface area contributed by atoms with Crippen LogP contribution in [0, 0.1) is 5.92 Å². The highest BCUT2D eigenvalue weighted by Crippen LogP contribution is 2.49. The summed E-state index contributed by atoms with van der Waals surface area (Å²) in [6.45, 7) is 8.59. The molecule has 0 spiro atoms. The molecule has 0 saturated carbocycles. The van der Waals surface area contributed by atoms with Gasteiger partial charge in [0.15, 0.2) is 6.10 Å². The normalized spacial score (nSPS) is 16.9. The lowest BCUT2D eigenvalue weighted by Crippen LogP contribution is -2.51. The Morgan fingerprint density at radius 2 is 1.66 bits per heavy atom. The van der Waals surface area contributed by atoms with Gasteiger partial charge in [-0.2, -0.15) is 4.31 Å². The smallest absolute Gasteiger partial charge is 0.407 e. The molecule has 1 aliphatic rings. The Bertz CT molecular complexity index is 1860. The second-order valence-corrected chi connectivity index (χ2v) is 18.3. The highest BCUT2D eigenvalue weighted by atomic mass is 32.2. The molecule has 17 heteroatoms. The molecule has 1 heterocycles. The molecule has 0 aromatic heterocycles.